The molecule has 0 aliphatic rings. The molecule has 2 rings (SSSR count). The van der Waals surface area contributed by atoms with E-state index in [1.807, 2.05) is 43.3 Å². The van der Waals surface area contributed by atoms with Gasteiger partial charge in [0, 0.05) is 21.5 Å². The molecule has 0 saturated heterocycles. The van der Waals surface area contributed by atoms with Crippen LogP contribution in [0.3, 0.4) is 0 Å². The van der Waals surface area contributed by atoms with Gasteiger partial charge in [0.05, 0.1) is 5.60 Å². The number of halogens is 2. The maximum absolute atomic E-state index is 10.7. The maximum Gasteiger partial charge on any atom is 0.0923 e. The van der Waals surface area contributed by atoms with Crippen LogP contribution in [-0.4, -0.2) is 5.11 Å². The standard InChI is InChI=1S/C16H16BrClO/c1-11-4-3-5-12(8-11)10-16(2,19)14-7-6-13(17)9-15(14)18/h3-9,19H,10H2,1-2H3. The number of aliphatic hydroxyl groups is 1. The average molecular weight is 340 g/mol. The molecule has 19 heavy (non-hydrogen) atoms. The lowest BCUT2D eigenvalue weighted by atomic mass is 9.88. The summed E-state index contributed by atoms with van der Waals surface area (Å²) in [5.74, 6) is 0. The lowest BCUT2D eigenvalue weighted by Crippen LogP contribution is -2.24. The Hall–Kier alpha value is -0.830. The highest BCUT2D eigenvalue weighted by Gasteiger charge is 2.26. The van der Waals surface area contributed by atoms with Crippen molar-refractivity contribution in [2.75, 3.05) is 0 Å². The largest absolute Gasteiger partial charge is 0.385 e. The van der Waals surface area contributed by atoms with E-state index in [2.05, 4.69) is 22.0 Å². The van der Waals surface area contributed by atoms with E-state index < -0.39 is 5.60 Å². The van der Waals surface area contributed by atoms with Gasteiger partial charge in [-0.2, -0.15) is 0 Å². The second-order valence-corrected chi connectivity index (χ2v) is 6.39. The normalized spacial score (nSPS) is 14.2. The van der Waals surface area contributed by atoms with Crippen molar-refractivity contribution >= 4 is 27.5 Å². The molecule has 0 aliphatic heterocycles. The molecule has 0 aliphatic carbocycles. The Morgan fingerprint density at radius 3 is 2.58 bits per heavy atom. The molecule has 0 aromatic heterocycles. The third kappa shape index (κ3) is 3.59. The number of hydrogen-bond donors (Lipinski definition) is 1. The summed E-state index contributed by atoms with van der Waals surface area (Å²) in [6.07, 6.45) is 0.538. The van der Waals surface area contributed by atoms with E-state index >= 15 is 0 Å². The molecule has 0 bridgehead atoms. The van der Waals surface area contributed by atoms with Crippen LogP contribution in [0.4, 0.5) is 0 Å². The van der Waals surface area contributed by atoms with Crippen molar-refractivity contribution < 1.29 is 5.11 Å². The van der Waals surface area contributed by atoms with Crippen LogP contribution in [0.25, 0.3) is 0 Å². The zero-order valence-corrected chi connectivity index (χ0v) is 13.3. The molecular weight excluding hydrogens is 324 g/mol. The van der Waals surface area contributed by atoms with Gasteiger partial charge in [-0.05, 0) is 31.5 Å². The van der Waals surface area contributed by atoms with E-state index in [1.54, 1.807) is 6.92 Å². The fourth-order valence-corrected chi connectivity index (χ4v) is 3.12. The molecular formula is C16H16BrClO. The topological polar surface area (TPSA) is 20.2 Å². The van der Waals surface area contributed by atoms with Gasteiger partial charge in [0.2, 0.25) is 0 Å². The van der Waals surface area contributed by atoms with Crippen LogP contribution in [0.5, 0.6) is 0 Å². The van der Waals surface area contributed by atoms with Gasteiger partial charge in [-0.1, -0.05) is 63.4 Å². The van der Waals surface area contributed by atoms with E-state index in [4.69, 9.17) is 11.6 Å². The van der Waals surface area contributed by atoms with Gasteiger partial charge in [0.15, 0.2) is 0 Å². The van der Waals surface area contributed by atoms with Gasteiger partial charge in [-0.3, -0.25) is 0 Å². The van der Waals surface area contributed by atoms with Crippen LogP contribution in [-0.2, 0) is 12.0 Å². The lowest BCUT2D eigenvalue weighted by molar-refractivity contribution is 0.0577. The third-order valence-electron chi connectivity index (χ3n) is 3.14. The molecule has 0 fully saturated rings. The number of hydrogen-bond acceptors (Lipinski definition) is 1. The molecule has 1 nitrogen and oxygen atoms in total. The molecule has 100 valence electrons. The Morgan fingerprint density at radius 2 is 1.95 bits per heavy atom. The van der Waals surface area contributed by atoms with Crippen molar-refractivity contribution in [3.63, 3.8) is 0 Å². The fourth-order valence-electron chi connectivity index (χ4n) is 2.24. The highest BCUT2D eigenvalue weighted by atomic mass is 79.9. The SMILES string of the molecule is Cc1cccc(CC(C)(O)c2ccc(Br)cc2Cl)c1. The summed E-state index contributed by atoms with van der Waals surface area (Å²) in [4.78, 5) is 0. The number of aryl methyl sites for hydroxylation is 1. The lowest BCUT2D eigenvalue weighted by Gasteiger charge is -2.25. The Kier molecular flexibility index (Phi) is 4.34. The van der Waals surface area contributed by atoms with E-state index in [1.165, 1.54) is 5.56 Å². The fraction of sp³-hybridized carbons (Fsp3) is 0.250. The quantitative estimate of drug-likeness (QED) is 0.846. The van der Waals surface area contributed by atoms with Crippen molar-refractivity contribution in [2.45, 2.75) is 25.9 Å². The molecule has 0 radical (unpaired) electrons. The molecule has 2 aromatic rings. The third-order valence-corrected chi connectivity index (χ3v) is 3.95. The van der Waals surface area contributed by atoms with Gasteiger partial charge in [-0.15, -0.1) is 0 Å². The van der Waals surface area contributed by atoms with Crippen molar-refractivity contribution in [1.82, 2.24) is 0 Å². The molecule has 2 aromatic carbocycles. The second-order valence-electron chi connectivity index (χ2n) is 5.06. The Bertz CT molecular complexity index is 593. The molecule has 1 atom stereocenters. The van der Waals surface area contributed by atoms with E-state index in [-0.39, 0.29) is 0 Å². The van der Waals surface area contributed by atoms with Gasteiger partial charge < -0.3 is 5.11 Å². The summed E-state index contributed by atoms with van der Waals surface area (Å²) in [6, 6.07) is 13.7. The van der Waals surface area contributed by atoms with Gasteiger partial charge in [0.1, 0.15) is 0 Å². The summed E-state index contributed by atoms with van der Waals surface area (Å²) in [6.45, 7) is 3.84. The predicted molar refractivity (Wildman–Crippen MR) is 83.6 cm³/mol. The molecule has 0 spiro atoms. The van der Waals surface area contributed by atoms with Crippen molar-refractivity contribution in [2.24, 2.45) is 0 Å². The minimum atomic E-state index is -0.981. The first kappa shape index (κ1) is 14.6. The van der Waals surface area contributed by atoms with Crippen molar-refractivity contribution in [3.05, 3.63) is 68.7 Å². The van der Waals surface area contributed by atoms with Crippen LogP contribution in [0.15, 0.2) is 46.9 Å². The van der Waals surface area contributed by atoms with Crippen LogP contribution in [0.1, 0.15) is 23.6 Å². The van der Waals surface area contributed by atoms with Crippen molar-refractivity contribution in [1.29, 1.82) is 0 Å². The van der Waals surface area contributed by atoms with Crippen LogP contribution >= 0.6 is 27.5 Å². The Labute approximate surface area is 127 Å². The van der Waals surface area contributed by atoms with Crippen LogP contribution < -0.4 is 0 Å². The first-order valence-corrected chi connectivity index (χ1v) is 7.29. The van der Waals surface area contributed by atoms with Crippen LogP contribution in [0, 0.1) is 6.92 Å². The molecule has 1 unspecified atom stereocenters. The Morgan fingerprint density at radius 1 is 1.21 bits per heavy atom. The van der Waals surface area contributed by atoms with E-state index in [0.717, 1.165) is 15.6 Å². The number of benzene rings is 2. The molecule has 0 heterocycles. The molecule has 0 saturated carbocycles. The summed E-state index contributed by atoms with van der Waals surface area (Å²) < 4.78 is 0.910. The maximum atomic E-state index is 10.7. The minimum absolute atomic E-state index is 0.538. The van der Waals surface area contributed by atoms with Crippen molar-refractivity contribution in [3.8, 4) is 0 Å². The first-order chi connectivity index (χ1) is 8.88. The zero-order valence-electron chi connectivity index (χ0n) is 11.0. The summed E-state index contributed by atoms with van der Waals surface area (Å²) in [5.41, 5.74) is 2.06. The highest BCUT2D eigenvalue weighted by Crippen LogP contribution is 2.33. The van der Waals surface area contributed by atoms with Gasteiger partial charge in [-0.25, -0.2) is 0 Å². The highest BCUT2D eigenvalue weighted by molar-refractivity contribution is 9.10. The monoisotopic (exact) mass is 338 g/mol. The molecule has 1 N–H and O–H groups in total. The van der Waals surface area contributed by atoms with E-state index in [0.29, 0.717) is 11.4 Å². The molecule has 0 amide bonds. The van der Waals surface area contributed by atoms with Gasteiger partial charge in [0.25, 0.3) is 0 Å². The predicted octanol–water partition coefficient (Wildman–Crippen LogP) is 4.86. The first-order valence-electron chi connectivity index (χ1n) is 6.12. The number of rotatable bonds is 3. The summed E-state index contributed by atoms with van der Waals surface area (Å²) >= 11 is 9.59. The van der Waals surface area contributed by atoms with E-state index in [9.17, 15) is 5.11 Å². The van der Waals surface area contributed by atoms with Gasteiger partial charge >= 0.3 is 0 Å². The summed E-state index contributed by atoms with van der Waals surface area (Å²) in [7, 11) is 0. The molecule has 3 heteroatoms. The minimum Gasteiger partial charge on any atom is -0.385 e. The smallest absolute Gasteiger partial charge is 0.0923 e. The Balaban J connectivity index is 2.31. The second kappa shape index (κ2) is 5.66. The van der Waals surface area contributed by atoms with Crippen LogP contribution in [0.2, 0.25) is 5.02 Å². The summed E-state index contributed by atoms with van der Waals surface area (Å²) in [5, 5.41) is 11.3. The zero-order chi connectivity index (χ0) is 14.0. The average Bonchev–Trinajstić information content (AvgIpc) is 2.27.